The second-order valence-corrected chi connectivity index (χ2v) is 6.72. The van der Waals surface area contributed by atoms with E-state index in [2.05, 4.69) is 25.7 Å². The van der Waals surface area contributed by atoms with E-state index < -0.39 is 0 Å². The van der Waals surface area contributed by atoms with Crippen LogP contribution in [-0.4, -0.2) is 29.3 Å². The standard InChI is InChI=1S/C13H25NO/c1-12(2,3)11(15)10-7-8-14(9-10)13(4,5)6/h10H,7-9H2,1-6H3. The van der Waals surface area contributed by atoms with Crippen LogP contribution >= 0.6 is 0 Å². The topological polar surface area (TPSA) is 20.3 Å². The van der Waals surface area contributed by atoms with Crippen LogP contribution in [0.25, 0.3) is 0 Å². The molecule has 1 fully saturated rings. The van der Waals surface area contributed by atoms with E-state index in [-0.39, 0.29) is 16.9 Å². The Labute approximate surface area is 94.0 Å². The Balaban J connectivity index is 2.62. The van der Waals surface area contributed by atoms with Gasteiger partial charge in [0, 0.05) is 23.4 Å². The lowest BCUT2D eigenvalue weighted by Gasteiger charge is -2.32. The van der Waals surface area contributed by atoms with Crippen LogP contribution in [0.5, 0.6) is 0 Å². The minimum absolute atomic E-state index is 0.182. The fraction of sp³-hybridized carbons (Fsp3) is 0.923. The number of nitrogens with zero attached hydrogens (tertiary/aromatic N) is 1. The van der Waals surface area contributed by atoms with Gasteiger partial charge in [-0.15, -0.1) is 0 Å². The molecule has 1 aliphatic heterocycles. The van der Waals surface area contributed by atoms with Crippen LogP contribution in [0, 0.1) is 11.3 Å². The third kappa shape index (κ3) is 3.04. The Bertz CT molecular complexity index is 244. The van der Waals surface area contributed by atoms with Gasteiger partial charge in [-0.3, -0.25) is 9.69 Å². The van der Waals surface area contributed by atoms with E-state index in [1.807, 2.05) is 20.8 Å². The molecule has 0 N–H and O–H groups in total. The van der Waals surface area contributed by atoms with Gasteiger partial charge in [-0.2, -0.15) is 0 Å². The summed E-state index contributed by atoms with van der Waals surface area (Å²) in [5, 5.41) is 0. The summed E-state index contributed by atoms with van der Waals surface area (Å²) in [7, 11) is 0. The summed E-state index contributed by atoms with van der Waals surface area (Å²) >= 11 is 0. The van der Waals surface area contributed by atoms with Gasteiger partial charge in [-0.05, 0) is 33.7 Å². The van der Waals surface area contributed by atoms with Crippen LogP contribution in [0.15, 0.2) is 0 Å². The highest BCUT2D eigenvalue weighted by Gasteiger charge is 2.37. The van der Waals surface area contributed by atoms with Crippen LogP contribution < -0.4 is 0 Å². The summed E-state index contributed by atoms with van der Waals surface area (Å²) in [4.78, 5) is 14.5. The van der Waals surface area contributed by atoms with Gasteiger partial charge >= 0.3 is 0 Å². The second kappa shape index (κ2) is 3.89. The lowest BCUT2D eigenvalue weighted by Crippen LogP contribution is -2.40. The average Bonchev–Trinajstić information content (AvgIpc) is 2.47. The van der Waals surface area contributed by atoms with Gasteiger partial charge in [0.2, 0.25) is 0 Å². The lowest BCUT2D eigenvalue weighted by atomic mass is 9.82. The fourth-order valence-corrected chi connectivity index (χ4v) is 2.20. The number of carbonyl (C=O) groups excluding carboxylic acids is 1. The molecule has 0 aromatic carbocycles. The number of hydrogen-bond acceptors (Lipinski definition) is 2. The largest absolute Gasteiger partial charge is 0.299 e. The molecule has 88 valence electrons. The number of Topliss-reactive ketones (excluding diaryl/α,β-unsaturated/α-hetero) is 1. The molecule has 0 aliphatic carbocycles. The molecule has 0 saturated carbocycles. The predicted molar refractivity (Wildman–Crippen MR) is 63.9 cm³/mol. The Morgan fingerprint density at radius 3 is 2.00 bits per heavy atom. The van der Waals surface area contributed by atoms with Gasteiger partial charge in [0.15, 0.2) is 0 Å². The van der Waals surface area contributed by atoms with E-state index in [0.29, 0.717) is 5.78 Å². The molecule has 0 amide bonds. The first kappa shape index (κ1) is 12.7. The molecule has 0 bridgehead atoms. The van der Waals surface area contributed by atoms with E-state index in [1.54, 1.807) is 0 Å². The quantitative estimate of drug-likeness (QED) is 0.664. The summed E-state index contributed by atoms with van der Waals surface area (Å²) in [6, 6.07) is 0. The first-order valence-electron chi connectivity index (χ1n) is 5.92. The molecule has 15 heavy (non-hydrogen) atoms. The van der Waals surface area contributed by atoms with E-state index in [0.717, 1.165) is 19.5 Å². The summed E-state index contributed by atoms with van der Waals surface area (Å²) in [6.45, 7) is 14.7. The summed E-state index contributed by atoms with van der Waals surface area (Å²) < 4.78 is 0. The Morgan fingerprint density at radius 1 is 1.13 bits per heavy atom. The monoisotopic (exact) mass is 211 g/mol. The van der Waals surface area contributed by atoms with Crippen LogP contribution in [0.2, 0.25) is 0 Å². The normalized spacial score (nSPS) is 24.5. The van der Waals surface area contributed by atoms with Crippen LogP contribution in [0.1, 0.15) is 48.0 Å². The minimum Gasteiger partial charge on any atom is -0.299 e. The highest BCUT2D eigenvalue weighted by molar-refractivity contribution is 5.86. The summed E-state index contributed by atoms with van der Waals surface area (Å²) in [5.41, 5.74) is 0.0193. The molecular formula is C13H25NO. The molecule has 1 saturated heterocycles. The van der Waals surface area contributed by atoms with Gasteiger partial charge in [-0.1, -0.05) is 20.8 Å². The highest BCUT2D eigenvalue weighted by Crippen LogP contribution is 2.30. The molecule has 0 aromatic heterocycles. The Kier molecular flexibility index (Phi) is 3.30. The van der Waals surface area contributed by atoms with Gasteiger partial charge in [0.05, 0.1) is 0 Å². The fourth-order valence-electron chi connectivity index (χ4n) is 2.20. The molecule has 2 heteroatoms. The van der Waals surface area contributed by atoms with Crippen molar-refractivity contribution in [2.45, 2.75) is 53.5 Å². The van der Waals surface area contributed by atoms with E-state index in [1.165, 1.54) is 0 Å². The number of ketones is 1. The van der Waals surface area contributed by atoms with E-state index >= 15 is 0 Å². The van der Waals surface area contributed by atoms with Crippen molar-refractivity contribution < 1.29 is 4.79 Å². The van der Waals surface area contributed by atoms with Crippen molar-refractivity contribution in [1.29, 1.82) is 0 Å². The second-order valence-electron chi connectivity index (χ2n) is 6.72. The molecule has 0 aromatic rings. The third-order valence-electron chi connectivity index (χ3n) is 3.25. The Morgan fingerprint density at radius 2 is 1.67 bits per heavy atom. The average molecular weight is 211 g/mol. The van der Waals surface area contributed by atoms with Crippen molar-refractivity contribution in [2.24, 2.45) is 11.3 Å². The van der Waals surface area contributed by atoms with Crippen molar-refractivity contribution in [3.63, 3.8) is 0 Å². The third-order valence-corrected chi connectivity index (χ3v) is 3.25. The first-order valence-corrected chi connectivity index (χ1v) is 5.92. The number of hydrogen-bond donors (Lipinski definition) is 0. The maximum atomic E-state index is 12.1. The molecule has 1 atom stereocenters. The zero-order valence-corrected chi connectivity index (χ0v) is 11.1. The maximum absolute atomic E-state index is 12.1. The molecule has 0 spiro atoms. The van der Waals surface area contributed by atoms with E-state index in [9.17, 15) is 4.79 Å². The Hall–Kier alpha value is -0.370. The maximum Gasteiger partial charge on any atom is 0.142 e. The van der Waals surface area contributed by atoms with Crippen molar-refractivity contribution in [3.05, 3.63) is 0 Å². The van der Waals surface area contributed by atoms with Gasteiger partial charge in [-0.25, -0.2) is 0 Å². The van der Waals surface area contributed by atoms with Crippen LogP contribution in [-0.2, 0) is 4.79 Å². The SMILES string of the molecule is CC(C)(C)C(=O)C1CCN(C(C)(C)C)C1. The molecule has 1 unspecified atom stereocenters. The first-order chi connectivity index (χ1) is 6.62. The van der Waals surface area contributed by atoms with Crippen molar-refractivity contribution in [2.75, 3.05) is 13.1 Å². The van der Waals surface area contributed by atoms with Crippen LogP contribution in [0.4, 0.5) is 0 Å². The van der Waals surface area contributed by atoms with Gasteiger partial charge in [0.25, 0.3) is 0 Å². The van der Waals surface area contributed by atoms with Crippen LogP contribution in [0.3, 0.4) is 0 Å². The van der Waals surface area contributed by atoms with Crippen molar-refractivity contribution in [3.8, 4) is 0 Å². The summed E-state index contributed by atoms with van der Waals surface area (Å²) in [5.74, 6) is 0.679. The number of carbonyl (C=O) groups is 1. The van der Waals surface area contributed by atoms with Crippen molar-refractivity contribution >= 4 is 5.78 Å². The molecule has 0 radical (unpaired) electrons. The van der Waals surface area contributed by atoms with Gasteiger partial charge in [0.1, 0.15) is 5.78 Å². The molecular weight excluding hydrogens is 186 g/mol. The number of rotatable bonds is 1. The van der Waals surface area contributed by atoms with E-state index in [4.69, 9.17) is 0 Å². The number of likely N-dealkylation sites (tertiary alicyclic amines) is 1. The van der Waals surface area contributed by atoms with Crippen molar-refractivity contribution in [1.82, 2.24) is 4.90 Å². The molecule has 1 rings (SSSR count). The molecule has 2 nitrogen and oxygen atoms in total. The van der Waals surface area contributed by atoms with Gasteiger partial charge < -0.3 is 0 Å². The zero-order valence-electron chi connectivity index (χ0n) is 11.1. The summed E-state index contributed by atoms with van der Waals surface area (Å²) in [6.07, 6.45) is 1.04. The lowest BCUT2D eigenvalue weighted by molar-refractivity contribution is -0.130. The molecule has 1 aliphatic rings. The molecule has 1 heterocycles. The zero-order chi connectivity index (χ0) is 11.9. The predicted octanol–water partition coefficient (Wildman–Crippen LogP) is 2.72. The smallest absolute Gasteiger partial charge is 0.142 e. The minimum atomic E-state index is -0.182. The highest BCUT2D eigenvalue weighted by atomic mass is 16.1.